The highest BCUT2D eigenvalue weighted by atomic mass is 28.4. The van der Waals surface area contributed by atoms with Crippen LogP contribution in [-0.2, 0) is 19.4 Å². The second kappa shape index (κ2) is 11.6. The molecule has 2 aromatic carbocycles. The fourth-order valence-corrected chi connectivity index (χ4v) is 13.5. The van der Waals surface area contributed by atoms with Gasteiger partial charge in [0.15, 0.2) is 8.32 Å². The Morgan fingerprint density at radius 2 is 1.56 bits per heavy atom. The number of ether oxygens (including phenoxy) is 1. The van der Waals surface area contributed by atoms with E-state index in [1.165, 1.54) is 10.8 Å². The third-order valence-corrected chi connectivity index (χ3v) is 14.7. The van der Waals surface area contributed by atoms with Gasteiger partial charge in [0, 0.05) is 0 Å². The molecule has 0 aliphatic rings. The molecule has 0 saturated heterocycles. The maximum atomic E-state index is 6.75. The molecule has 1 unspecified atom stereocenters. The average Bonchev–Trinajstić information content (AvgIpc) is 2.76. The van der Waals surface area contributed by atoms with Gasteiger partial charge in [0.25, 0.3) is 0 Å². The van der Waals surface area contributed by atoms with E-state index in [4.69, 9.17) is 17.7 Å². The monoisotopic (exact) mass is 488 g/mol. The number of para-hydroxylation sites is 1. The first kappa shape index (κ1) is 26.8. The van der Waals surface area contributed by atoms with Gasteiger partial charge in [-0.25, -0.2) is 0 Å². The summed E-state index contributed by atoms with van der Waals surface area (Å²) in [6.45, 7) is 20.0. The Morgan fingerprint density at radius 1 is 0.875 bits per heavy atom. The standard InChI is InChI=1S/C25H40O4Si3/c1-9-23-16-14-15-22(3)25(23)26-19-20-27-31(6,7)28-21-32(8,29-30(4,5)10-2)24-17-12-11-13-18-24/h10-18H,2,9,19-21H2,1,3-8H3. The van der Waals surface area contributed by atoms with Gasteiger partial charge in [-0.2, -0.15) is 0 Å². The topological polar surface area (TPSA) is 36.9 Å². The van der Waals surface area contributed by atoms with Crippen LogP contribution in [0.4, 0.5) is 0 Å². The van der Waals surface area contributed by atoms with Crippen LogP contribution in [0.1, 0.15) is 18.1 Å². The van der Waals surface area contributed by atoms with Crippen LogP contribution in [0, 0.1) is 6.92 Å². The van der Waals surface area contributed by atoms with Crippen molar-refractivity contribution in [1.82, 2.24) is 0 Å². The van der Waals surface area contributed by atoms with Crippen molar-refractivity contribution in [2.24, 2.45) is 0 Å². The van der Waals surface area contributed by atoms with E-state index < -0.39 is 25.2 Å². The van der Waals surface area contributed by atoms with Crippen molar-refractivity contribution in [2.75, 3.05) is 19.4 Å². The van der Waals surface area contributed by atoms with E-state index in [1.807, 2.05) is 11.8 Å². The van der Waals surface area contributed by atoms with E-state index >= 15 is 0 Å². The van der Waals surface area contributed by atoms with Gasteiger partial charge in [-0.1, -0.05) is 61.2 Å². The Balaban J connectivity index is 1.98. The Labute approximate surface area is 198 Å². The van der Waals surface area contributed by atoms with Crippen molar-refractivity contribution in [3.05, 3.63) is 71.9 Å². The lowest BCUT2D eigenvalue weighted by Crippen LogP contribution is -2.59. The maximum Gasteiger partial charge on any atom is 0.331 e. The number of aryl methyl sites for hydroxylation is 2. The zero-order valence-electron chi connectivity index (χ0n) is 20.9. The zero-order valence-corrected chi connectivity index (χ0v) is 23.9. The molecule has 0 aromatic heterocycles. The summed E-state index contributed by atoms with van der Waals surface area (Å²) in [6, 6.07) is 16.8. The minimum atomic E-state index is -2.34. The van der Waals surface area contributed by atoms with Crippen molar-refractivity contribution < 1.29 is 17.7 Å². The zero-order chi connectivity index (χ0) is 23.8. The summed E-state index contributed by atoms with van der Waals surface area (Å²) >= 11 is 0. The van der Waals surface area contributed by atoms with Gasteiger partial charge in [-0.3, -0.25) is 0 Å². The van der Waals surface area contributed by atoms with Crippen LogP contribution in [0.5, 0.6) is 5.75 Å². The van der Waals surface area contributed by atoms with Gasteiger partial charge >= 0.3 is 8.56 Å². The molecule has 0 amide bonds. The molecular weight excluding hydrogens is 449 g/mol. The van der Waals surface area contributed by atoms with Crippen LogP contribution < -0.4 is 9.92 Å². The molecule has 0 aliphatic carbocycles. The molecule has 0 fully saturated rings. The molecule has 0 spiro atoms. The fourth-order valence-electron chi connectivity index (χ4n) is 3.57. The van der Waals surface area contributed by atoms with E-state index in [0.717, 1.165) is 17.7 Å². The first-order chi connectivity index (χ1) is 15.0. The molecule has 0 heterocycles. The van der Waals surface area contributed by atoms with Crippen LogP contribution in [-0.4, -0.2) is 44.6 Å². The van der Waals surface area contributed by atoms with E-state index in [-0.39, 0.29) is 0 Å². The van der Waals surface area contributed by atoms with E-state index in [0.29, 0.717) is 19.4 Å². The molecule has 4 nitrogen and oxygen atoms in total. The molecular formula is C25H40O4Si3. The van der Waals surface area contributed by atoms with Crippen molar-refractivity contribution >= 4 is 30.4 Å². The van der Waals surface area contributed by atoms with Gasteiger partial charge in [-0.05, 0) is 62.4 Å². The summed E-state index contributed by atoms with van der Waals surface area (Å²) in [6.07, 6.45) is 1.52. The summed E-state index contributed by atoms with van der Waals surface area (Å²) < 4.78 is 25.5. The third kappa shape index (κ3) is 7.83. The van der Waals surface area contributed by atoms with Crippen LogP contribution in [0.3, 0.4) is 0 Å². The molecule has 0 bridgehead atoms. The largest absolute Gasteiger partial charge is 0.491 e. The molecule has 0 radical (unpaired) electrons. The Bertz CT molecular complexity index is 871. The highest BCUT2D eigenvalue weighted by Crippen LogP contribution is 2.24. The summed E-state index contributed by atoms with van der Waals surface area (Å²) in [7, 11) is -6.64. The SMILES string of the molecule is C=C[Si](C)(C)O[Si](C)(CO[Si](C)(C)OCCOc1c(C)cccc1CC)c1ccccc1. The molecule has 1 atom stereocenters. The van der Waals surface area contributed by atoms with Crippen molar-refractivity contribution in [2.45, 2.75) is 53.0 Å². The predicted octanol–water partition coefficient (Wildman–Crippen LogP) is 5.64. The minimum Gasteiger partial charge on any atom is -0.491 e. The smallest absolute Gasteiger partial charge is 0.331 e. The second-order valence-electron chi connectivity index (χ2n) is 9.31. The summed E-state index contributed by atoms with van der Waals surface area (Å²) in [4.78, 5) is 0. The number of hydrogen-bond acceptors (Lipinski definition) is 4. The summed E-state index contributed by atoms with van der Waals surface area (Å²) in [5.74, 6) is 0.980. The number of hydrogen-bond donors (Lipinski definition) is 0. The van der Waals surface area contributed by atoms with Crippen molar-refractivity contribution in [3.63, 3.8) is 0 Å². The van der Waals surface area contributed by atoms with Crippen molar-refractivity contribution in [3.8, 4) is 5.75 Å². The summed E-state index contributed by atoms with van der Waals surface area (Å²) in [5, 5.41) is 1.24. The van der Waals surface area contributed by atoms with Gasteiger partial charge in [0.2, 0.25) is 8.32 Å². The first-order valence-electron chi connectivity index (χ1n) is 11.4. The van der Waals surface area contributed by atoms with E-state index in [9.17, 15) is 0 Å². The predicted molar refractivity (Wildman–Crippen MR) is 142 cm³/mol. The van der Waals surface area contributed by atoms with Gasteiger partial charge in [-0.15, -0.1) is 6.58 Å². The lowest BCUT2D eigenvalue weighted by molar-refractivity contribution is 0.158. The van der Waals surface area contributed by atoms with E-state index in [1.54, 1.807) is 0 Å². The highest BCUT2D eigenvalue weighted by Gasteiger charge is 2.40. The minimum absolute atomic E-state index is 0.508. The first-order valence-corrected chi connectivity index (χ1v) is 19.8. The molecule has 32 heavy (non-hydrogen) atoms. The molecule has 0 aliphatic heterocycles. The van der Waals surface area contributed by atoms with Crippen LogP contribution in [0.2, 0.25) is 32.7 Å². The molecule has 0 saturated carbocycles. The van der Waals surface area contributed by atoms with Gasteiger partial charge in [0.1, 0.15) is 12.4 Å². The lowest BCUT2D eigenvalue weighted by atomic mass is 10.1. The highest BCUT2D eigenvalue weighted by molar-refractivity contribution is 6.94. The van der Waals surface area contributed by atoms with E-state index in [2.05, 4.69) is 95.6 Å². The third-order valence-electron chi connectivity index (χ3n) is 5.51. The molecule has 7 heteroatoms. The van der Waals surface area contributed by atoms with Gasteiger partial charge < -0.3 is 17.7 Å². The summed E-state index contributed by atoms with van der Waals surface area (Å²) in [5.41, 5.74) is 4.38. The molecule has 176 valence electrons. The van der Waals surface area contributed by atoms with Crippen LogP contribution >= 0.6 is 0 Å². The Kier molecular flexibility index (Phi) is 9.69. The molecule has 2 rings (SSSR count). The normalized spacial score (nSPS) is 14.1. The Morgan fingerprint density at radius 3 is 2.19 bits per heavy atom. The average molecular weight is 489 g/mol. The fraction of sp³-hybridized carbons (Fsp3) is 0.440. The van der Waals surface area contributed by atoms with Crippen LogP contribution in [0.15, 0.2) is 60.8 Å². The lowest BCUT2D eigenvalue weighted by Gasteiger charge is -2.37. The Hall–Kier alpha value is -1.49. The maximum absolute atomic E-state index is 6.75. The quantitative estimate of drug-likeness (QED) is 0.270. The second-order valence-corrected chi connectivity index (χ2v) is 20.4. The number of rotatable bonds is 13. The van der Waals surface area contributed by atoms with Gasteiger partial charge in [0.05, 0.1) is 12.8 Å². The molecule has 2 aromatic rings. The van der Waals surface area contributed by atoms with Crippen LogP contribution in [0.25, 0.3) is 0 Å². The molecule has 0 N–H and O–H groups in total. The van der Waals surface area contributed by atoms with Crippen molar-refractivity contribution in [1.29, 1.82) is 0 Å². The number of benzene rings is 2.